The number of hydrogen-bond donors (Lipinski definition) is 1. The molecule has 102 valence electrons. The minimum atomic E-state index is -0.326. The number of ether oxygens (including phenoxy) is 1. The van der Waals surface area contributed by atoms with E-state index in [-0.39, 0.29) is 12.0 Å². The van der Waals surface area contributed by atoms with E-state index in [1.807, 2.05) is 18.2 Å². The number of carbonyl (C=O) groups is 1. The fourth-order valence-corrected chi connectivity index (χ4v) is 2.53. The molecule has 2 rings (SSSR count). The third-order valence-corrected chi connectivity index (χ3v) is 3.47. The van der Waals surface area contributed by atoms with Crippen molar-refractivity contribution >= 4 is 11.5 Å². The van der Waals surface area contributed by atoms with E-state index in [1.165, 1.54) is 0 Å². The van der Waals surface area contributed by atoms with Crippen LogP contribution in [0.5, 0.6) is 0 Å². The van der Waals surface area contributed by atoms with Crippen molar-refractivity contribution < 1.29 is 9.53 Å². The molecule has 0 aliphatic heterocycles. The average molecular weight is 259 g/mol. The van der Waals surface area contributed by atoms with Crippen LogP contribution in [0.1, 0.15) is 54.1 Å². The first-order valence-corrected chi connectivity index (χ1v) is 6.90. The van der Waals surface area contributed by atoms with Crippen LogP contribution in [-0.4, -0.2) is 12.0 Å². The molecule has 1 unspecified atom stereocenters. The molecular formula is C16H21NO2. The Balaban J connectivity index is 2.23. The zero-order chi connectivity index (χ0) is 13.8. The van der Waals surface area contributed by atoms with Crippen molar-refractivity contribution in [3.05, 3.63) is 41.5 Å². The van der Waals surface area contributed by atoms with Gasteiger partial charge in [-0.2, -0.15) is 0 Å². The monoisotopic (exact) mass is 259 g/mol. The van der Waals surface area contributed by atoms with E-state index in [2.05, 4.69) is 13.5 Å². The van der Waals surface area contributed by atoms with Gasteiger partial charge in [0.2, 0.25) is 0 Å². The van der Waals surface area contributed by atoms with Crippen LogP contribution >= 0.6 is 0 Å². The Morgan fingerprint density at radius 2 is 2.26 bits per heavy atom. The molecule has 0 saturated carbocycles. The summed E-state index contributed by atoms with van der Waals surface area (Å²) in [5.41, 5.74) is 8.68. The highest BCUT2D eigenvalue weighted by Gasteiger charge is 2.21. The molecule has 1 aliphatic carbocycles. The first-order chi connectivity index (χ1) is 9.13. The number of nitrogens with two attached hydrogens (primary N) is 1. The Kier molecular flexibility index (Phi) is 4.38. The fraction of sp³-hybridized carbons (Fsp3) is 0.438. The zero-order valence-corrected chi connectivity index (χ0v) is 11.4. The predicted octanol–water partition coefficient (Wildman–Crippen LogP) is 3.28. The van der Waals surface area contributed by atoms with E-state index >= 15 is 0 Å². The Hall–Kier alpha value is -1.61. The highest BCUT2D eigenvalue weighted by molar-refractivity contribution is 5.99. The number of Topliss-reactive ketones (excluding diaryl/α,β-unsaturated/α-hetero) is 1. The molecule has 1 atom stereocenters. The van der Waals surface area contributed by atoms with E-state index in [4.69, 9.17) is 10.5 Å². The van der Waals surface area contributed by atoms with Gasteiger partial charge >= 0.3 is 0 Å². The summed E-state index contributed by atoms with van der Waals surface area (Å²) in [5.74, 6) is 0.793. The number of fused-ring (bicyclic) bond motifs is 1. The van der Waals surface area contributed by atoms with Crippen LogP contribution in [0, 0.1) is 0 Å². The van der Waals surface area contributed by atoms with Crippen LogP contribution in [-0.2, 0) is 11.2 Å². The summed E-state index contributed by atoms with van der Waals surface area (Å²) in [7, 11) is 0. The Morgan fingerprint density at radius 3 is 3.00 bits per heavy atom. The second-order valence-corrected chi connectivity index (χ2v) is 4.98. The maximum absolute atomic E-state index is 11.9. The van der Waals surface area contributed by atoms with E-state index in [9.17, 15) is 4.79 Å². The highest BCUT2D eigenvalue weighted by atomic mass is 16.5. The van der Waals surface area contributed by atoms with Crippen molar-refractivity contribution in [2.45, 2.75) is 45.3 Å². The lowest BCUT2D eigenvalue weighted by atomic mass is 9.87. The molecule has 0 amide bonds. The SMILES string of the molecule is C=C(OC(N)CCC)c1cccc2c1CCCC2=O. The van der Waals surface area contributed by atoms with Gasteiger partial charge in [0, 0.05) is 17.5 Å². The van der Waals surface area contributed by atoms with Crippen LogP contribution in [0.15, 0.2) is 24.8 Å². The second-order valence-electron chi connectivity index (χ2n) is 4.98. The third kappa shape index (κ3) is 3.04. The normalized spacial score (nSPS) is 15.8. The van der Waals surface area contributed by atoms with E-state index in [1.54, 1.807) is 0 Å². The smallest absolute Gasteiger partial charge is 0.163 e. The Morgan fingerprint density at radius 1 is 1.47 bits per heavy atom. The maximum Gasteiger partial charge on any atom is 0.163 e. The number of carbonyl (C=O) groups excluding carboxylic acids is 1. The summed E-state index contributed by atoms with van der Waals surface area (Å²) in [6, 6.07) is 5.73. The summed E-state index contributed by atoms with van der Waals surface area (Å²) < 4.78 is 5.65. The topological polar surface area (TPSA) is 52.3 Å². The molecule has 0 heterocycles. The minimum Gasteiger partial charge on any atom is -0.476 e. The Bertz CT molecular complexity index is 494. The molecule has 0 spiro atoms. The van der Waals surface area contributed by atoms with Gasteiger partial charge in [0.25, 0.3) is 0 Å². The average Bonchev–Trinajstić information content (AvgIpc) is 2.38. The quantitative estimate of drug-likeness (QED) is 0.652. The fourth-order valence-electron chi connectivity index (χ4n) is 2.53. The van der Waals surface area contributed by atoms with Crippen LogP contribution in [0.2, 0.25) is 0 Å². The van der Waals surface area contributed by atoms with Gasteiger partial charge in [-0.1, -0.05) is 38.1 Å². The minimum absolute atomic E-state index is 0.216. The lowest BCUT2D eigenvalue weighted by molar-refractivity contribution is 0.0972. The lowest BCUT2D eigenvalue weighted by Crippen LogP contribution is -2.23. The third-order valence-electron chi connectivity index (χ3n) is 3.47. The highest BCUT2D eigenvalue weighted by Crippen LogP contribution is 2.29. The van der Waals surface area contributed by atoms with Gasteiger partial charge in [-0.25, -0.2) is 0 Å². The van der Waals surface area contributed by atoms with Crippen LogP contribution < -0.4 is 5.73 Å². The molecule has 0 bridgehead atoms. The van der Waals surface area contributed by atoms with Crippen molar-refractivity contribution in [2.75, 3.05) is 0 Å². The number of benzene rings is 1. The molecule has 19 heavy (non-hydrogen) atoms. The Labute approximate surface area is 114 Å². The van der Waals surface area contributed by atoms with Crippen LogP contribution in [0.25, 0.3) is 5.76 Å². The first kappa shape index (κ1) is 13.8. The molecule has 1 aliphatic rings. The number of rotatable bonds is 5. The van der Waals surface area contributed by atoms with Gasteiger partial charge in [0.15, 0.2) is 5.78 Å². The van der Waals surface area contributed by atoms with Crippen molar-refractivity contribution in [3.8, 4) is 0 Å². The number of hydrogen-bond acceptors (Lipinski definition) is 3. The largest absolute Gasteiger partial charge is 0.476 e. The number of ketones is 1. The molecular weight excluding hydrogens is 238 g/mol. The molecule has 2 N–H and O–H groups in total. The summed E-state index contributed by atoms with van der Waals surface area (Å²) in [4.78, 5) is 11.9. The lowest BCUT2D eigenvalue weighted by Gasteiger charge is -2.21. The van der Waals surface area contributed by atoms with Gasteiger partial charge in [-0.05, 0) is 24.8 Å². The summed E-state index contributed by atoms with van der Waals surface area (Å²) in [6.45, 7) is 6.03. The second kappa shape index (κ2) is 6.02. The summed E-state index contributed by atoms with van der Waals surface area (Å²) in [5, 5.41) is 0. The van der Waals surface area contributed by atoms with Gasteiger partial charge in [-0.3, -0.25) is 10.5 Å². The first-order valence-electron chi connectivity index (χ1n) is 6.90. The summed E-state index contributed by atoms with van der Waals surface area (Å²) >= 11 is 0. The standard InChI is InChI=1S/C16H21NO2/c1-3-6-16(17)19-11(2)12-7-4-9-14-13(12)8-5-10-15(14)18/h4,7,9,16H,2-3,5-6,8,10,17H2,1H3. The molecule has 3 heteroatoms. The van der Waals surface area contributed by atoms with E-state index in [0.717, 1.165) is 42.4 Å². The molecule has 1 aromatic rings. The van der Waals surface area contributed by atoms with Gasteiger partial charge in [0.05, 0.1) is 0 Å². The molecule has 1 aromatic carbocycles. The van der Waals surface area contributed by atoms with Crippen molar-refractivity contribution in [1.82, 2.24) is 0 Å². The van der Waals surface area contributed by atoms with Crippen molar-refractivity contribution in [3.63, 3.8) is 0 Å². The molecule has 0 aromatic heterocycles. The predicted molar refractivity (Wildman–Crippen MR) is 76.7 cm³/mol. The zero-order valence-electron chi connectivity index (χ0n) is 11.4. The molecule has 0 saturated heterocycles. The van der Waals surface area contributed by atoms with Gasteiger partial charge in [-0.15, -0.1) is 0 Å². The van der Waals surface area contributed by atoms with Crippen LogP contribution in [0.3, 0.4) is 0 Å². The van der Waals surface area contributed by atoms with Crippen molar-refractivity contribution in [1.29, 1.82) is 0 Å². The molecule has 0 radical (unpaired) electrons. The molecule has 3 nitrogen and oxygen atoms in total. The summed E-state index contributed by atoms with van der Waals surface area (Å²) in [6.07, 6.45) is 3.89. The van der Waals surface area contributed by atoms with Gasteiger partial charge < -0.3 is 4.74 Å². The molecule has 0 fully saturated rings. The van der Waals surface area contributed by atoms with Crippen molar-refractivity contribution in [2.24, 2.45) is 5.73 Å². The van der Waals surface area contributed by atoms with Gasteiger partial charge in [0.1, 0.15) is 12.0 Å². The van der Waals surface area contributed by atoms with E-state index < -0.39 is 0 Å². The van der Waals surface area contributed by atoms with Crippen LogP contribution in [0.4, 0.5) is 0 Å². The van der Waals surface area contributed by atoms with E-state index in [0.29, 0.717) is 12.2 Å². The maximum atomic E-state index is 11.9.